The molecule has 0 fully saturated rings. The van der Waals surface area contributed by atoms with Crippen molar-refractivity contribution >= 4 is 0 Å². The second-order valence-electron chi connectivity index (χ2n) is 7.09. The summed E-state index contributed by atoms with van der Waals surface area (Å²) in [5.41, 5.74) is 4.83. The predicted octanol–water partition coefficient (Wildman–Crippen LogP) is 7.75. The van der Waals surface area contributed by atoms with Crippen LogP contribution in [-0.4, -0.2) is 0 Å². The average Bonchev–Trinajstić information content (AvgIpc) is 2.77. The van der Waals surface area contributed by atoms with Crippen LogP contribution >= 0.6 is 0 Å². The standard InChI is InChI=1S/C27H18F3/c1-3-18-4-6-19(7-5-18)20-8-10-21(11-9-20)22-12-13-24(27(30)14-22)23-15-25(28)17(2)26(29)16-23/h4-16H,1H2,2H3/q-1. The Balaban J connectivity index is 1.63. The summed E-state index contributed by atoms with van der Waals surface area (Å²) in [6, 6.07) is 22.7. The van der Waals surface area contributed by atoms with Gasteiger partial charge in [0, 0.05) is 11.1 Å². The van der Waals surface area contributed by atoms with Gasteiger partial charge in [-0.15, -0.1) is 12.1 Å². The molecule has 0 saturated carbocycles. The van der Waals surface area contributed by atoms with Crippen LogP contribution in [0.5, 0.6) is 0 Å². The minimum Gasteiger partial charge on any atom is -0.207 e. The highest BCUT2D eigenvalue weighted by molar-refractivity contribution is 5.74. The van der Waals surface area contributed by atoms with Crippen LogP contribution in [0.3, 0.4) is 0 Å². The van der Waals surface area contributed by atoms with Gasteiger partial charge in [0.05, 0.1) is 0 Å². The van der Waals surface area contributed by atoms with E-state index in [9.17, 15) is 13.2 Å². The van der Waals surface area contributed by atoms with Crippen LogP contribution in [0, 0.1) is 30.5 Å². The molecule has 0 aromatic heterocycles. The minimum absolute atomic E-state index is 0.0758. The molecule has 4 aromatic carbocycles. The van der Waals surface area contributed by atoms with Crippen molar-refractivity contribution in [2.24, 2.45) is 0 Å². The lowest BCUT2D eigenvalue weighted by Crippen LogP contribution is -1.93. The molecule has 4 aromatic rings. The van der Waals surface area contributed by atoms with Gasteiger partial charge in [-0.1, -0.05) is 36.4 Å². The van der Waals surface area contributed by atoms with Crippen molar-refractivity contribution < 1.29 is 13.2 Å². The Labute approximate surface area is 174 Å². The van der Waals surface area contributed by atoms with Crippen molar-refractivity contribution in [2.75, 3.05) is 0 Å². The zero-order valence-corrected chi connectivity index (χ0v) is 16.3. The van der Waals surface area contributed by atoms with Crippen LogP contribution < -0.4 is 0 Å². The topological polar surface area (TPSA) is 0 Å². The highest BCUT2D eigenvalue weighted by atomic mass is 19.1. The quantitative estimate of drug-likeness (QED) is 0.308. The van der Waals surface area contributed by atoms with E-state index in [0.29, 0.717) is 5.56 Å². The lowest BCUT2D eigenvalue weighted by atomic mass is 9.97. The fourth-order valence-electron chi connectivity index (χ4n) is 3.37. The number of halogens is 3. The van der Waals surface area contributed by atoms with E-state index in [1.165, 1.54) is 13.0 Å². The highest BCUT2D eigenvalue weighted by Crippen LogP contribution is 2.31. The predicted molar refractivity (Wildman–Crippen MR) is 115 cm³/mol. The molecule has 4 rings (SSSR count). The Morgan fingerprint density at radius 1 is 0.567 bits per heavy atom. The first-order valence-electron chi connectivity index (χ1n) is 9.46. The lowest BCUT2D eigenvalue weighted by molar-refractivity contribution is 0.568. The van der Waals surface area contributed by atoms with E-state index in [-0.39, 0.29) is 16.7 Å². The first kappa shape index (κ1) is 19.7. The molecule has 0 nitrogen and oxygen atoms in total. The van der Waals surface area contributed by atoms with Crippen molar-refractivity contribution in [1.82, 2.24) is 0 Å². The van der Waals surface area contributed by atoms with E-state index in [0.717, 1.165) is 34.4 Å². The van der Waals surface area contributed by atoms with Gasteiger partial charge in [0.15, 0.2) is 0 Å². The van der Waals surface area contributed by atoms with Crippen LogP contribution in [0.4, 0.5) is 13.2 Å². The maximum atomic E-state index is 14.7. The maximum absolute atomic E-state index is 14.7. The van der Waals surface area contributed by atoms with E-state index >= 15 is 0 Å². The summed E-state index contributed by atoms with van der Waals surface area (Å²) in [5.74, 6) is -1.92. The lowest BCUT2D eigenvalue weighted by Gasteiger charge is -2.10. The van der Waals surface area contributed by atoms with Gasteiger partial charge in [-0.3, -0.25) is 0 Å². The molecule has 0 amide bonds. The molecule has 0 N–H and O–H groups in total. The van der Waals surface area contributed by atoms with Crippen LogP contribution in [0.15, 0.2) is 85.4 Å². The fraction of sp³-hybridized carbons (Fsp3) is 0.0370. The Hall–Kier alpha value is -3.59. The monoisotopic (exact) mass is 399 g/mol. The van der Waals surface area contributed by atoms with Crippen LogP contribution in [0.1, 0.15) is 11.1 Å². The van der Waals surface area contributed by atoms with Crippen LogP contribution in [0.2, 0.25) is 0 Å². The Kier molecular flexibility index (Phi) is 5.28. The second-order valence-corrected chi connectivity index (χ2v) is 7.09. The molecule has 0 unspecified atom stereocenters. The fourth-order valence-corrected chi connectivity index (χ4v) is 3.37. The summed E-state index contributed by atoms with van der Waals surface area (Å²) in [7, 11) is 0. The largest absolute Gasteiger partial charge is 0.207 e. The molecule has 0 saturated heterocycles. The summed E-state index contributed by atoms with van der Waals surface area (Å²) >= 11 is 0. The SMILES string of the molecule is C=[C-]c1ccc(-c2ccc(-c3ccc(-c4cc(F)c(C)c(F)c4)c(F)c3)cc2)cc1. The molecule has 3 heteroatoms. The Morgan fingerprint density at radius 2 is 1.00 bits per heavy atom. The van der Waals surface area contributed by atoms with Crippen molar-refractivity contribution in [3.8, 4) is 33.4 Å². The first-order valence-corrected chi connectivity index (χ1v) is 9.46. The molecule has 30 heavy (non-hydrogen) atoms. The zero-order chi connectivity index (χ0) is 21.3. The van der Waals surface area contributed by atoms with Gasteiger partial charge in [0.25, 0.3) is 0 Å². The third-order valence-corrected chi connectivity index (χ3v) is 5.20. The molecule has 0 aliphatic heterocycles. The summed E-state index contributed by atoms with van der Waals surface area (Å²) in [4.78, 5) is 0. The maximum Gasteiger partial charge on any atom is 0.131 e. The molecule has 0 aliphatic carbocycles. The van der Waals surface area contributed by atoms with Gasteiger partial charge in [-0.25, -0.2) is 13.2 Å². The van der Waals surface area contributed by atoms with Gasteiger partial charge < -0.3 is 0 Å². The summed E-state index contributed by atoms with van der Waals surface area (Å²) in [6.07, 6.45) is 2.84. The number of hydrogen-bond donors (Lipinski definition) is 0. The molecule has 0 spiro atoms. The van der Waals surface area contributed by atoms with E-state index < -0.39 is 17.5 Å². The highest BCUT2D eigenvalue weighted by Gasteiger charge is 2.12. The third kappa shape index (κ3) is 3.79. The van der Waals surface area contributed by atoms with Gasteiger partial charge >= 0.3 is 0 Å². The smallest absolute Gasteiger partial charge is 0.131 e. The number of benzene rings is 4. The normalized spacial score (nSPS) is 10.8. The van der Waals surface area contributed by atoms with Crippen LogP contribution in [0.25, 0.3) is 33.4 Å². The number of hydrogen-bond acceptors (Lipinski definition) is 0. The zero-order valence-electron chi connectivity index (χ0n) is 16.3. The third-order valence-electron chi connectivity index (χ3n) is 5.20. The first-order chi connectivity index (χ1) is 14.5. The Morgan fingerprint density at radius 3 is 1.50 bits per heavy atom. The summed E-state index contributed by atoms with van der Waals surface area (Å²) in [6.45, 7) is 4.98. The molecule has 0 atom stereocenters. The summed E-state index contributed by atoms with van der Waals surface area (Å²) < 4.78 is 42.5. The van der Waals surface area contributed by atoms with Crippen molar-refractivity contribution in [3.05, 3.63) is 120 Å². The van der Waals surface area contributed by atoms with Gasteiger partial charge in [0.1, 0.15) is 17.5 Å². The number of rotatable bonds is 4. The minimum atomic E-state index is -0.692. The van der Waals surface area contributed by atoms with E-state index in [1.54, 1.807) is 12.1 Å². The Bertz CT molecular complexity index is 1200. The van der Waals surface area contributed by atoms with E-state index in [1.807, 2.05) is 48.5 Å². The van der Waals surface area contributed by atoms with Crippen molar-refractivity contribution in [2.45, 2.75) is 6.92 Å². The summed E-state index contributed by atoms with van der Waals surface area (Å²) in [5, 5.41) is 0. The molecular weight excluding hydrogens is 381 g/mol. The van der Waals surface area contributed by atoms with Crippen molar-refractivity contribution in [3.63, 3.8) is 0 Å². The van der Waals surface area contributed by atoms with Gasteiger partial charge in [-0.2, -0.15) is 30.4 Å². The molecule has 0 bridgehead atoms. The molecule has 0 heterocycles. The van der Waals surface area contributed by atoms with Crippen molar-refractivity contribution in [1.29, 1.82) is 0 Å². The van der Waals surface area contributed by atoms with E-state index in [2.05, 4.69) is 12.7 Å². The van der Waals surface area contributed by atoms with E-state index in [4.69, 9.17) is 0 Å². The molecule has 148 valence electrons. The van der Waals surface area contributed by atoms with Gasteiger partial charge in [-0.05, 0) is 52.9 Å². The molecule has 0 radical (unpaired) electrons. The molecule has 0 aliphatic rings. The average molecular weight is 399 g/mol. The second kappa shape index (κ2) is 8.03. The van der Waals surface area contributed by atoms with Crippen LogP contribution in [-0.2, 0) is 0 Å². The van der Waals surface area contributed by atoms with Gasteiger partial charge in [0.2, 0.25) is 0 Å². The molecular formula is C27H18F3-.